The van der Waals surface area contributed by atoms with E-state index in [1.807, 2.05) is 18.2 Å². The Hall–Kier alpha value is -2.40. The smallest absolute Gasteiger partial charge is 0.134 e. The van der Waals surface area contributed by atoms with Crippen LogP contribution in [0.1, 0.15) is 0 Å². The molecule has 3 aromatic rings. The summed E-state index contributed by atoms with van der Waals surface area (Å²) in [6, 6.07) is 10.9. The molecule has 0 aliphatic heterocycles. The zero-order valence-electron chi connectivity index (χ0n) is 9.84. The third-order valence-electron chi connectivity index (χ3n) is 2.73. The number of aromatic nitrogens is 2. The number of H-pyrrole nitrogens is 1. The lowest BCUT2D eigenvalue weighted by Gasteiger charge is -2.00. The molecule has 5 nitrogen and oxygen atoms in total. The molecule has 3 N–H and O–H groups in total. The van der Waals surface area contributed by atoms with Gasteiger partial charge in [0.25, 0.3) is 0 Å². The van der Waals surface area contributed by atoms with Gasteiger partial charge in [0.1, 0.15) is 11.4 Å². The van der Waals surface area contributed by atoms with E-state index in [1.54, 1.807) is 24.4 Å². The van der Waals surface area contributed by atoms with Gasteiger partial charge in [-0.2, -0.15) is 5.10 Å². The number of nitrogens with two attached hydrogens (primary N) is 1. The van der Waals surface area contributed by atoms with Crippen LogP contribution in [0.25, 0.3) is 10.9 Å². The van der Waals surface area contributed by atoms with E-state index < -0.39 is 0 Å². The van der Waals surface area contributed by atoms with E-state index in [1.165, 1.54) is 0 Å². The number of nitrogens with one attached hydrogen (secondary N) is 1. The van der Waals surface area contributed by atoms with Gasteiger partial charge in [-0.25, -0.2) is 0 Å². The molecule has 0 amide bonds. The number of fused-ring (bicyclic) bond motifs is 1. The fourth-order valence-corrected chi connectivity index (χ4v) is 1.93. The van der Waals surface area contributed by atoms with Crippen LogP contribution in [0.15, 0.2) is 52.8 Å². The number of azo groups is 1. The predicted molar refractivity (Wildman–Crippen MR) is 76.1 cm³/mol. The summed E-state index contributed by atoms with van der Waals surface area (Å²) in [6.45, 7) is 0. The summed E-state index contributed by atoms with van der Waals surface area (Å²) in [4.78, 5) is 0. The number of nitrogens with zero attached hydrogens (tertiary/aromatic N) is 3. The lowest BCUT2D eigenvalue weighted by atomic mass is 10.2. The van der Waals surface area contributed by atoms with Crippen molar-refractivity contribution in [1.82, 2.24) is 10.2 Å². The Morgan fingerprint density at radius 1 is 1.11 bits per heavy atom. The number of halogens is 1. The van der Waals surface area contributed by atoms with Crippen molar-refractivity contribution < 1.29 is 0 Å². The number of anilines is 1. The summed E-state index contributed by atoms with van der Waals surface area (Å²) in [5.74, 6) is 0. The van der Waals surface area contributed by atoms with Crippen molar-refractivity contribution in [3.05, 3.63) is 47.6 Å². The molecule has 2 aromatic carbocycles. The van der Waals surface area contributed by atoms with Crippen molar-refractivity contribution >= 4 is 39.6 Å². The van der Waals surface area contributed by atoms with Gasteiger partial charge in [-0.05, 0) is 24.3 Å². The molecule has 0 saturated carbocycles. The van der Waals surface area contributed by atoms with Crippen molar-refractivity contribution in [2.45, 2.75) is 0 Å². The first kappa shape index (κ1) is 11.7. The summed E-state index contributed by atoms with van der Waals surface area (Å²) < 4.78 is 0. The molecule has 19 heavy (non-hydrogen) atoms. The Bertz CT molecular complexity index is 763. The number of hydrogen-bond acceptors (Lipinski definition) is 4. The largest absolute Gasteiger partial charge is 0.397 e. The van der Waals surface area contributed by atoms with Gasteiger partial charge in [0.15, 0.2) is 0 Å². The van der Waals surface area contributed by atoms with Gasteiger partial charge in [0.05, 0.1) is 22.4 Å². The SMILES string of the molecule is Nc1ccc2cn[nH]c2c1N=Nc1ccccc1Cl. The normalized spacial score (nSPS) is 11.4. The van der Waals surface area contributed by atoms with Crippen LogP contribution in [0, 0.1) is 0 Å². The Morgan fingerprint density at radius 2 is 1.95 bits per heavy atom. The first-order valence-corrected chi connectivity index (χ1v) is 6.01. The van der Waals surface area contributed by atoms with Crippen LogP contribution in [-0.4, -0.2) is 10.2 Å². The minimum absolute atomic E-state index is 0.535. The highest BCUT2D eigenvalue weighted by molar-refractivity contribution is 6.32. The lowest BCUT2D eigenvalue weighted by molar-refractivity contribution is 1.11. The van der Waals surface area contributed by atoms with Gasteiger partial charge in [-0.3, -0.25) is 5.10 Å². The molecule has 0 radical (unpaired) electrons. The minimum atomic E-state index is 0.535. The number of aromatic amines is 1. The van der Waals surface area contributed by atoms with E-state index in [9.17, 15) is 0 Å². The molecular weight excluding hydrogens is 262 g/mol. The second-order valence-electron chi connectivity index (χ2n) is 3.99. The zero-order chi connectivity index (χ0) is 13.2. The van der Waals surface area contributed by atoms with Crippen LogP contribution in [0.4, 0.5) is 17.1 Å². The second-order valence-corrected chi connectivity index (χ2v) is 4.40. The first-order valence-electron chi connectivity index (χ1n) is 5.63. The van der Waals surface area contributed by atoms with Crippen molar-refractivity contribution in [1.29, 1.82) is 0 Å². The van der Waals surface area contributed by atoms with Crippen molar-refractivity contribution in [2.75, 3.05) is 5.73 Å². The van der Waals surface area contributed by atoms with Crippen LogP contribution >= 0.6 is 11.6 Å². The van der Waals surface area contributed by atoms with E-state index in [-0.39, 0.29) is 0 Å². The van der Waals surface area contributed by atoms with Crippen LogP contribution in [0.3, 0.4) is 0 Å². The monoisotopic (exact) mass is 271 g/mol. The third kappa shape index (κ3) is 2.15. The van der Waals surface area contributed by atoms with Crippen molar-refractivity contribution in [3.63, 3.8) is 0 Å². The third-order valence-corrected chi connectivity index (χ3v) is 3.05. The number of nitrogen functional groups attached to an aromatic ring is 1. The molecule has 94 valence electrons. The Morgan fingerprint density at radius 3 is 2.79 bits per heavy atom. The maximum absolute atomic E-state index is 6.02. The Labute approximate surface area is 114 Å². The average Bonchev–Trinajstić information content (AvgIpc) is 2.88. The Balaban J connectivity index is 2.08. The fraction of sp³-hybridized carbons (Fsp3) is 0. The number of rotatable bonds is 2. The molecular formula is C13H10ClN5. The van der Waals surface area contributed by atoms with Gasteiger partial charge in [-0.15, -0.1) is 10.2 Å². The summed E-state index contributed by atoms with van der Waals surface area (Å²) in [7, 11) is 0. The van der Waals surface area contributed by atoms with Crippen LogP contribution in [-0.2, 0) is 0 Å². The molecule has 3 rings (SSSR count). The highest BCUT2D eigenvalue weighted by Gasteiger charge is 2.06. The molecule has 0 aliphatic rings. The highest BCUT2D eigenvalue weighted by Crippen LogP contribution is 2.33. The molecule has 0 fully saturated rings. The lowest BCUT2D eigenvalue weighted by Crippen LogP contribution is -1.85. The molecule has 1 heterocycles. The van der Waals surface area contributed by atoms with Crippen molar-refractivity contribution in [2.24, 2.45) is 10.2 Å². The van der Waals surface area contributed by atoms with Gasteiger partial charge < -0.3 is 5.73 Å². The molecule has 0 atom stereocenters. The zero-order valence-corrected chi connectivity index (χ0v) is 10.6. The molecule has 6 heteroatoms. The van der Waals surface area contributed by atoms with Crippen LogP contribution in [0.5, 0.6) is 0 Å². The van der Waals surface area contributed by atoms with Gasteiger partial charge in [0.2, 0.25) is 0 Å². The second kappa shape index (κ2) is 4.70. The topological polar surface area (TPSA) is 79.4 Å². The van der Waals surface area contributed by atoms with Crippen molar-refractivity contribution in [3.8, 4) is 0 Å². The molecule has 0 spiro atoms. The van der Waals surface area contributed by atoms with Gasteiger partial charge in [-0.1, -0.05) is 23.7 Å². The van der Waals surface area contributed by atoms with Crippen LogP contribution in [0.2, 0.25) is 5.02 Å². The van der Waals surface area contributed by atoms with Crippen LogP contribution < -0.4 is 5.73 Å². The Kier molecular flexibility index (Phi) is 2.89. The van der Waals surface area contributed by atoms with Gasteiger partial charge in [0, 0.05) is 5.39 Å². The fourth-order valence-electron chi connectivity index (χ4n) is 1.76. The summed E-state index contributed by atoms with van der Waals surface area (Å²) >= 11 is 6.02. The molecule has 0 aliphatic carbocycles. The first-order chi connectivity index (χ1) is 9.25. The van der Waals surface area contributed by atoms with E-state index in [0.29, 0.717) is 22.1 Å². The van der Waals surface area contributed by atoms with E-state index >= 15 is 0 Å². The average molecular weight is 272 g/mol. The highest BCUT2D eigenvalue weighted by atomic mass is 35.5. The maximum atomic E-state index is 6.02. The summed E-state index contributed by atoms with van der Waals surface area (Å²) in [5.41, 5.74) is 8.37. The molecule has 1 aromatic heterocycles. The van der Waals surface area contributed by atoms with Gasteiger partial charge >= 0.3 is 0 Å². The standard InChI is InChI=1S/C13H10ClN5/c14-9-3-1-2-4-11(9)17-19-13-10(15)6-5-8-7-16-18-12(8)13/h1-7H,15H2,(H,16,18). The minimum Gasteiger partial charge on any atom is -0.397 e. The van der Waals surface area contributed by atoms with E-state index in [4.69, 9.17) is 17.3 Å². The number of hydrogen-bond donors (Lipinski definition) is 2. The summed E-state index contributed by atoms with van der Waals surface area (Å²) in [5, 5.41) is 16.6. The molecule has 0 saturated heterocycles. The predicted octanol–water partition coefficient (Wildman–Crippen LogP) is 4.21. The molecule has 0 unspecified atom stereocenters. The van der Waals surface area contributed by atoms with E-state index in [2.05, 4.69) is 20.4 Å². The quantitative estimate of drug-likeness (QED) is 0.541. The summed E-state index contributed by atoms with van der Waals surface area (Å²) in [6.07, 6.45) is 1.71. The number of benzene rings is 2. The molecule has 0 bridgehead atoms. The van der Waals surface area contributed by atoms with E-state index in [0.717, 1.165) is 10.9 Å². The maximum Gasteiger partial charge on any atom is 0.134 e.